The number of likely N-dealkylation sites (tertiary alicyclic amines) is 1. The average Bonchev–Trinajstić information content (AvgIpc) is 2.88. The Balaban J connectivity index is 1.74. The molecule has 0 bridgehead atoms. The van der Waals surface area contributed by atoms with Gasteiger partial charge in [-0.2, -0.15) is 5.10 Å². The van der Waals surface area contributed by atoms with Crippen molar-refractivity contribution in [2.24, 2.45) is 5.92 Å². The normalized spacial score (nSPS) is 15.2. The zero-order valence-electron chi connectivity index (χ0n) is 10.6. The van der Waals surface area contributed by atoms with Crippen LogP contribution in [0.2, 0.25) is 0 Å². The Morgan fingerprint density at radius 2 is 2.05 bits per heavy atom. The molecule has 0 unspecified atom stereocenters. The second kappa shape index (κ2) is 5.03. The van der Waals surface area contributed by atoms with E-state index in [0.717, 1.165) is 5.56 Å². The number of hydrogen-bond donors (Lipinski definition) is 1. The molecule has 6 heteroatoms. The second-order valence-corrected chi connectivity index (χ2v) is 4.90. The first-order chi connectivity index (χ1) is 9.67. The topological polar surface area (TPSA) is 49.0 Å². The number of carbonyl (C=O) groups excluding carboxylic acids is 1. The molecule has 4 nitrogen and oxygen atoms in total. The highest BCUT2D eigenvalue weighted by atomic mass is 19.1. The van der Waals surface area contributed by atoms with Gasteiger partial charge in [0.25, 0.3) is 5.91 Å². The maximum absolute atomic E-state index is 12.8. The molecule has 0 radical (unpaired) electrons. The molecule has 1 aromatic heterocycles. The standard InChI is InChI=1S/C14H13F2N3O/c15-6-9-7-19(8-9)14(20)13-5-12(17-18-13)10-1-3-11(16)4-2-10/h1-5,9H,6-8H2,(H,17,18). The lowest BCUT2D eigenvalue weighted by molar-refractivity contribution is 0.0447. The smallest absolute Gasteiger partial charge is 0.271 e. The molecule has 1 fully saturated rings. The van der Waals surface area contributed by atoms with Gasteiger partial charge in [-0.15, -0.1) is 0 Å². The number of H-pyrrole nitrogens is 1. The van der Waals surface area contributed by atoms with E-state index in [9.17, 15) is 13.6 Å². The van der Waals surface area contributed by atoms with Gasteiger partial charge in [-0.1, -0.05) is 0 Å². The number of nitrogens with one attached hydrogen (secondary N) is 1. The molecule has 1 aliphatic heterocycles. The van der Waals surface area contributed by atoms with Crippen LogP contribution in [0.3, 0.4) is 0 Å². The first-order valence-electron chi connectivity index (χ1n) is 6.34. The Hall–Kier alpha value is -2.24. The number of hydrogen-bond acceptors (Lipinski definition) is 2. The van der Waals surface area contributed by atoms with Gasteiger partial charge in [0.1, 0.15) is 11.5 Å². The van der Waals surface area contributed by atoms with E-state index in [-0.39, 0.29) is 17.6 Å². The third-order valence-electron chi connectivity index (χ3n) is 3.41. The Labute approximate surface area is 114 Å². The van der Waals surface area contributed by atoms with E-state index in [1.165, 1.54) is 12.1 Å². The Morgan fingerprint density at radius 1 is 1.35 bits per heavy atom. The second-order valence-electron chi connectivity index (χ2n) is 4.90. The Bertz CT molecular complexity index is 618. The molecule has 20 heavy (non-hydrogen) atoms. The van der Waals surface area contributed by atoms with Crippen LogP contribution in [-0.4, -0.2) is 40.8 Å². The van der Waals surface area contributed by atoms with Crippen LogP contribution in [0, 0.1) is 11.7 Å². The number of alkyl halides is 1. The summed E-state index contributed by atoms with van der Waals surface area (Å²) in [7, 11) is 0. The Morgan fingerprint density at radius 3 is 2.70 bits per heavy atom. The molecule has 0 aliphatic carbocycles. The van der Waals surface area contributed by atoms with E-state index in [1.807, 2.05) is 0 Å². The van der Waals surface area contributed by atoms with Crippen LogP contribution >= 0.6 is 0 Å². The number of amides is 1. The van der Waals surface area contributed by atoms with Gasteiger partial charge in [0.15, 0.2) is 0 Å². The van der Waals surface area contributed by atoms with Crippen LogP contribution in [0.5, 0.6) is 0 Å². The monoisotopic (exact) mass is 277 g/mol. The highest BCUT2D eigenvalue weighted by Crippen LogP contribution is 2.22. The van der Waals surface area contributed by atoms with Crippen molar-refractivity contribution in [3.05, 3.63) is 41.8 Å². The molecular weight excluding hydrogens is 264 g/mol. The van der Waals surface area contributed by atoms with Gasteiger partial charge in [-0.25, -0.2) is 4.39 Å². The summed E-state index contributed by atoms with van der Waals surface area (Å²) >= 11 is 0. The van der Waals surface area contributed by atoms with Crippen molar-refractivity contribution in [3.8, 4) is 11.3 Å². The summed E-state index contributed by atoms with van der Waals surface area (Å²) in [6.07, 6.45) is 0. The van der Waals surface area contributed by atoms with Gasteiger partial charge in [-0.3, -0.25) is 14.3 Å². The minimum atomic E-state index is -0.395. The first kappa shape index (κ1) is 12.8. The van der Waals surface area contributed by atoms with Crippen LogP contribution in [0.25, 0.3) is 11.3 Å². The van der Waals surface area contributed by atoms with Gasteiger partial charge in [0, 0.05) is 24.6 Å². The molecule has 0 atom stereocenters. The lowest BCUT2D eigenvalue weighted by atomic mass is 10.0. The lowest BCUT2D eigenvalue weighted by Gasteiger charge is -2.37. The molecule has 1 aliphatic rings. The molecule has 3 rings (SSSR count). The summed E-state index contributed by atoms with van der Waals surface area (Å²) in [6, 6.07) is 7.50. The largest absolute Gasteiger partial charge is 0.336 e. The number of benzene rings is 1. The third kappa shape index (κ3) is 2.29. The summed E-state index contributed by atoms with van der Waals surface area (Å²) in [5, 5.41) is 6.72. The fraction of sp³-hybridized carbons (Fsp3) is 0.286. The fourth-order valence-corrected chi connectivity index (χ4v) is 2.20. The maximum Gasteiger partial charge on any atom is 0.271 e. The van der Waals surface area contributed by atoms with Crippen molar-refractivity contribution >= 4 is 5.91 Å². The number of rotatable bonds is 3. The number of nitrogens with zero attached hydrogens (tertiary/aromatic N) is 2. The molecule has 104 valence electrons. The molecule has 2 aromatic rings. The summed E-state index contributed by atoms with van der Waals surface area (Å²) in [6.45, 7) is 0.494. The summed E-state index contributed by atoms with van der Waals surface area (Å²) < 4.78 is 25.2. The molecule has 1 saturated heterocycles. The highest BCUT2D eigenvalue weighted by molar-refractivity contribution is 5.93. The van der Waals surface area contributed by atoms with Gasteiger partial charge >= 0.3 is 0 Å². The van der Waals surface area contributed by atoms with E-state index >= 15 is 0 Å². The van der Waals surface area contributed by atoms with Crippen molar-refractivity contribution < 1.29 is 13.6 Å². The van der Waals surface area contributed by atoms with Gasteiger partial charge < -0.3 is 4.90 Å². The molecule has 2 heterocycles. The average molecular weight is 277 g/mol. The van der Waals surface area contributed by atoms with E-state index in [1.54, 1.807) is 23.1 Å². The van der Waals surface area contributed by atoms with Gasteiger partial charge in [0.2, 0.25) is 0 Å². The maximum atomic E-state index is 12.8. The first-order valence-corrected chi connectivity index (χ1v) is 6.34. The zero-order chi connectivity index (χ0) is 14.1. The summed E-state index contributed by atoms with van der Waals surface area (Å²) in [5.74, 6) is -0.549. The van der Waals surface area contributed by atoms with E-state index in [2.05, 4.69) is 10.2 Å². The number of aromatic amines is 1. The lowest BCUT2D eigenvalue weighted by Crippen LogP contribution is -2.50. The highest BCUT2D eigenvalue weighted by Gasteiger charge is 2.31. The van der Waals surface area contributed by atoms with E-state index in [0.29, 0.717) is 24.5 Å². The molecular formula is C14H13F2N3O. The number of aromatic nitrogens is 2. The quantitative estimate of drug-likeness (QED) is 0.935. The van der Waals surface area contributed by atoms with Crippen LogP contribution < -0.4 is 0 Å². The molecule has 0 spiro atoms. The van der Waals surface area contributed by atoms with Gasteiger partial charge in [-0.05, 0) is 30.3 Å². The minimum absolute atomic E-state index is 0.0431. The van der Waals surface area contributed by atoms with Crippen molar-refractivity contribution in [2.75, 3.05) is 19.8 Å². The number of carbonyl (C=O) groups is 1. The molecule has 1 aromatic carbocycles. The van der Waals surface area contributed by atoms with Crippen LogP contribution in [-0.2, 0) is 0 Å². The molecule has 1 amide bonds. The van der Waals surface area contributed by atoms with Crippen molar-refractivity contribution in [3.63, 3.8) is 0 Å². The number of halogens is 2. The summed E-state index contributed by atoms with van der Waals surface area (Å²) in [5.41, 5.74) is 1.67. The minimum Gasteiger partial charge on any atom is -0.336 e. The van der Waals surface area contributed by atoms with E-state index in [4.69, 9.17) is 0 Å². The van der Waals surface area contributed by atoms with Crippen molar-refractivity contribution in [2.45, 2.75) is 0 Å². The van der Waals surface area contributed by atoms with Crippen LogP contribution in [0.1, 0.15) is 10.5 Å². The third-order valence-corrected chi connectivity index (χ3v) is 3.41. The fourth-order valence-electron chi connectivity index (χ4n) is 2.20. The van der Waals surface area contributed by atoms with Crippen molar-refractivity contribution in [1.82, 2.24) is 15.1 Å². The van der Waals surface area contributed by atoms with Gasteiger partial charge in [0.05, 0.1) is 12.4 Å². The Kier molecular flexibility index (Phi) is 3.22. The zero-order valence-corrected chi connectivity index (χ0v) is 10.6. The van der Waals surface area contributed by atoms with Crippen LogP contribution in [0.4, 0.5) is 8.78 Å². The predicted molar refractivity (Wildman–Crippen MR) is 69.4 cm³/mol. The van der Waals surface area contributed by atoms with E-state index < -0.39 is 6.67 Å². The SMILES string of the molecule is O=C(c1cc(-c2ccc(F)cc2)n[nH]1)N1CC(CF)C1. The predicted octanol–water partition coefficient (Wildman–Crippen LogP) is 2.26. The van der Waals surface area contributed by atoms with Crippen molar-refractivity contribution in [1.29, 1.82) is 0 Å². The molecule has 0 saturated carbocycles. The summed E-state index contributed by atoms with van der Waals surface area (Å²) in [4.78, 5) is 13.6. The van der Waals surface area contributed by atoms with Crippen LogP contribution in [0.15, 0.2) is 30.3 Å². The molecule has 1 N–H and O–H groups in total.